The standard InChI is InChI=1S/CHAsF2O2/c3-2(4)1(5)6/h(H,5,6). The molecule has 0 radical (unpaired) electrons. The molecule has 0 saturated carbocycles. The monoisotopic (exact) mass is 158 g/mol. The van der Waals surface area contributed by atoms with Crippen LogP contribution >= 0.6 is 0 Å². The Balaban J connectivity index is 3.26. The third-order valence-electron chi connectivity index (χ3n) is 0.145. The second kappa shape index (κ2) is 2.13. The zero-order valence-corrected chi connectivity index (χ0v) is 4.44. The van der Waals surface area contributed by atoms with Crippen LogP contribution in [0.2, 0.25) is 0 Å². The van der Waals surface area contributed by atoms with E-state index in [2.05, 4.69) is 0 Å². The van der Waals surface area contributed by atoms with Crippen LogP contribution in [0.4, 0.5) is 11.7 Å². The molecule has 0 aliphatic carbocycles. The SMILES string of the molecule is O=C(O)[As](F)F. The van der Waals surface area contributed by atoms with Crippen molar-refractivity contribution in [1.29, 1.82) is 0 Å². The molecule has 0 aliphatic rings. The van der Waals surface area contributed by atoms with Gasteiger partial charge < -0.3 is 0 Å². The first-order valence-electron chi connectivity index (χ1n) is 0.989. The summed E-state index contributed by atoms with van der Waals surface area (Å²) in [6, 6.07) is 0. The molecule has 0 unspecified atom stereocenters. The van der Waals surface area contributed by atoms with Crippen molar-refractivity contribution in [2.45, 2.75) is 0 Å². The first-order chi connectivity index (χ1) is 2.64. The van der Waals surface area contributed by atoms with Gasteiger partial charge in [0.1, 0.15) is 0 Å². The van der Waals surface area contributed by atoms with Gasteiger partial charge in [0.25, 0.3) is 0 Å². The van der Waals surface area contributed by atoms with Gasteiger partial charge in [0, 0.05) is 0 Å². The minimum absolute atomic E-state index is 1.93. The Morgan fingerprint density at radius 3 is 1.83 bits per heavy atom. The molecule has 0 rings (SSSR count). The molecule has 0 amide bonds. The molecular weight excluding hydrogens is 157 g/mol. The van der Waals surface area contributed by atoms with Crippen molar-refractivity contribution in [2.75, 3.05) is 0 Å². The zero-order chi connectivity index (χ0) is 5.15. The van der Waals surface area contributed by atoms with Crippen LogP contribution in [0.3, 0.4) is 0 Å². The maximum absolute atomic E-state index is 10.7. The fourth-order valence-electron chi connectivity index (χ4n) is 0. The van der Waals surface area contributed by atoms with Gasteiger partial charge in [-0.25, -0.2) is 0 Å². The molecule has 2 nitrogen and oxygen atoms in total. The Morgan fingerprint density at radius 1 is 1.67 bits per heavy atom. The number of hydrogen-bond acceptors (Lipinski definition) is 1. The summed E-state index contributed by atoms with van der Waals surface area (Å²) >= 11 is -4.38. The van der Waals surface area contributed by atoms with E-state index in [0.29, 0.717) is 0 Å². The van der Waals surface area contributed by atoms with Crippen LogP contribution in [0, 0.1) is 0 Å². The summed E-state index contributed by atoms with van der Waals surface area (Å²) in [7, 11) is 0. The number of carboxylic acid groups (broad SMARTS) is 1. The van der Waals surface area contributed by atoms with Crippen molar-refractivity contribution in [3.63, 3.8) is 0 Å². The fourth-order valence-corrected chi connectivity index (χ4v) is 0. The van der Waals surface area contributed by atoms with Crippen molar-refractivity contribution >= 4 is 20.3 Å². The van der Waals surface area contributed by atoms with E-state index < -0.39 is 20.3 Å². The van der Waals surface area contributed by atoms with Gasteiger partial charge in [0.05, 0.1) is 0 Å². The summed E-state index contributed by atoms with van der Waals surface area (Å²) < 4.78 is 19.5. The van der Waals surface area contributed by atoms with Gasteiger partial charge >= 0.3 is 37.2 Å². The van der Waals surface area contributed by atoms with Crippen molar-refractivity contribution in [3.8, 4) is 0 Å². The van der Waals surface area contributed by atoms with E-state index in [-0.39, 0.29) is 0 Å². The van der Waals surface area contributed by atoms with Gasteiger partial charge in [-0.05, 0) is 0 Å². The summed E-state index contributed by atoms with van der Waals surface area (Å²) in [6.07, 6.45) is 0. The molecule has 0 fully saturated rings. The molecular formula is CHAsF2O2. The molecule has 0 atom stereocenters. The molecule has 0 aliphatic heterocycles. The van der Waals surface area contributed by atoms with Gasteiger partial charge in [-0.1, -0.05) is 0 Å². The minimum atomic E-state index is -4.38. The Kier molecular flexibility index (Phi) is 2.09. The van der Waals surface area contributed by atoms with E-state index in [4.69, 9.17) is 9.90 Å². The van der Waals surface area contributed by atoms with Gasteiger partial charge in [-0.2, -0.15) is 0 Å². The topological polar surface area (TPSA) is 37.3 Å². The van der Waals surface area contributed by atoms with Crippen molar-refractivity contribution < 1.29 is 16.8 Å². The van der Waals surface area contributed by atoms with Crippen molar-refractivity contribution in [2.24, 2.45) is 0 Å². The van der Waals surface area contributed by atoms with E-state index in [0.717, 1.165) is 0 Å². The second-order valence-electron chi connectivity index (χ2n) is 0.515. The third-order valence-corrected chi connectivity index (χ3v) is 0.751. The molecule has 0 bridgehead atoms. The van der Waals surface area contributed by atoms with Crippen LogP contribution < -0.4 is 0 Å². The van der Waals surface area contributed by atoms with Crippen LogP contribution in [0.1, 0.15) is 0 Å². The number of hydrogen-bond donors (Lipinski definition) is 1. The van der Waals surface area contributed by atoms with Crippen LogP contribution in [0.15, 0.2) is 0 Å². The Morgan fingerprint density at radius 2 is 1.83 bits per heavy atom. The molecule has 0 saturated heterocycles. The molecule has 1 N–H and O–H groups in total. The van der Waals surface area contributed by atoms with Crippen LogP contribution in [0.5, 0.6) is 0 Å². The average molecular weight is 158 g/mol. The van der Waals surface area contributed by atoms with Crippen molar-refractivity contribution in [1.82, 2.24) is 0 Å². The fraction of sp³-hybridized carbons (Fsp3) is 0. The molecule has 36 valence electrons. The van der Waals surface area contributed by atoms with Gasteiger partial charge in [0.2, 0.25) is 0 Å². The third kappa shape index (κ3) is 2.15. The molecule has 0 aromatic heterocycles. The Labute approximate surface area is 38.0 Å². The maximum atomic E-state index is 10.7. The van der Waals surface area contributed by atoms with Crippen LogP contribution in [-0.2, 0) is 0 Å². The van der Waals surface area contributed by atoms with Gasteiger partial charge in [-0.3, -0.25) is 0 Å². The summed E-state index contributed by atoms with van der Waals surface area (Å²) in [4.78, 5) is 9.01. The summed E-state index contributed by atoms with van der Waals surface area (Å²) in [5.74, 6) is 0. The molecule has 6 heavy (non-hydrogen) atoms. The van der Waals surface area contributed by atoms with E-state index in [1.165, 1.54) is 0 Å². The predicted octanol–water partition coefficient (Wildman–Crippen LogP) is 0.673. The first kappa shape index (κ1) is 5.89. The number of rotatable bonds is 1. The Bertz CT molecular complexity index is 62.6. The van der Waals surface area contributed by atoms with E-state index in [1.54, 1.807) is 0 Å². The molecule has 0 aromatic carbocycles. The number of carbonyl (C=O) groups is 1. The average Bonchev–Trinajstić information content (AvgIpc) is 1.36. The van der Waals surface area contributed by atoms with E-state index >= 15 is 0 Å². The van der Waals surface area contributed by atoms with E-state index in [1.807, 2.05) is 0 Å². The van der Waals surface area contributed by atoms with Gasteiger partial charge in [0.15, 0.2) is 0 Å². The van der Waals surface area contributed by atoms with Crippen molar-refractivity contribution in [3.05, 3.63) is 0 Å². The quantitative estimate of drug-likeness (QED) is 0.569. The predicted molar refractivity (Wildman–Crippen MR) is 16.0 cm³/mol. The molecule has 5 heteroatoms. The summed E-state index contributed by atoms with van der Waals surface area (Å²) in [5, 5.41) is 7.31. The first-order valence-corrected chi connectivity index (χ1v) is 3.35. The molecule has 0 aromatic rings. The number of halogens is 2. The summed E-state index contributed by atoms with van der Waals surface area (Å²) in [5.41, 5.74) is 0. The Hall–Kier alpha value is -0.112. The van der Waals surface area contributed by atoms with E-state index in [9.17, 15) is 6.93 Å². The second-order valence-corrected chi connectivity index (χ2v) is 2.30. The van der Waals surface area contributed by atoms with Crippen LogP contribution in [-0.4, -0.2) is 25.5 Å². The molecule has 0 heterocycles. The van der Waals surface area contributed by atoms with Crippen LogP contribution in [0.25, 0.3) is 0 Å². The van der Waals surface area contributed by atoms with Gasteiger partial charge in [-0.15, -0.1) is 0 Å². The summed E-state index contributed by atoms with van der Waals surface area (Å²) in [6.45, 7) is 0. The molecule has 0 spiro atoms. The zero-order valence-electron chi connectivity index (χ0n) is 2.56. The normalized spacial score (nSPS) is 9.17.